The molecule has 0 unspecified atom stereocenters. The minimum absolute atomic E-state index is 0.0804. The van der Waals surface area contributed by atoms with Gasteiger partial charge in [-0.3, -0.25) is 19.3 Å². The van der Waals surface area contributed by atoms with Crippen LogP contribution in [0.4, 0.5) is 0 Å². The molecule has 5 heteroatoms. The van der Waals surface area contributed by atoms with Gasteiger partial charge in [0.15, 0.2) is 0 Å². The lowest BCUT2D eigenvalue weighted by atomic mass is 9.81. The van der Waals surface area contributed by atoms with Gasteiger partial charge in [-0.2, -0.15) is 0 Å². The second kappa shape index (κ2) is 8.82. The zero-order valence-corrected chi connectivity index (χ0v) is 17.4. The molecule has 3 amide bonds. The van der Waals surface area contributed by atoms with E-state index in [0.29, 0.717) is 0 Å². The third-order valence-electron chi connectivity index (χ3n) is 6.49. The number of amides is 3. The Morgan fingerprint density at radius 1 is 0.900 bits per heavy atom. The smallest absolute Gasteiger partial charge is 0.233 e. The molecule has 1 saturated carbocycles. The van der Waals surface area contributed by atoms with Crippen molar-refractivity contribution in [3.8, 4) is 0 Å². The van der Waals surface area contributed by atoms with Crippen molar-refractivity contribution in [2.75, 3.05) is 13.6 Å². The summed E-state index contributed by atoms with van der Waals surface area (Å²) in [6, 6.07) is 19.6. The summed E-state index contributed by atoms with van der Waals surface area (Å²) >= 11 is 0. The van der Waals surface area contributed by atoms with Crippen molar-refractivity contribution in [3.05, 3.63) is 71.8 Å². The molecule has 2 aromatic carbocycles. The molecule has 1 aliphatic heterocycles. The van der Waals surface area contributed by atoms with E-state index in [9.17, 15) is 14.4 Å². The lowest BCUT2D eigenvalue weighted by Crippen LogP contribution is -2.37. The summed E-state index contributed by atoms with van der Waals surface area (Å²) in [5, 5.41) is 0. The lowest BCUT2D eigenvalue weighted by Gasteiger charge is -2.30. The first-order valence-corrected chi connectivity index (χ1v) is 10.8. The molecule has 2 atom stereocenters. The fraction of sp³-hybridized carbons (Fsp3) is 0.400. The minimum Gasteiger partial charge on any atom is -0.335 e. The van der Waals surface area contributed by atoms with Gasteiger partial charge in [-0.1, -0.05) is 73.5 Å². The molecule has 2 fully saturated rings. The Balaban J connectivity index is 1.48. The average molecular weight is 405 g/mol. The first kappa shape index (κ1) is 20.3. The minimum atomic E-state index is -0.215. The molecule has 1 saturated heterocycles. The summed E-state index contributed by atoms with van der Waals surface area (Å²) in [4.78, 5) is 41.5. The number of carbonyl (C=O) groups is 3. The van der Waals surface area contributed by atoms with Crippen LogP contribution in [0.3, 0.4) is 0 Å². The summed E-state index contributed by atoms with van der Waals surface area (Å²) in [5.41, 5.74) is 2.05. The standard InChI is InChI=1S/C25H28N2O3/c1-26(23(18-10-4-2-5-11-18)19-12-6-3-7-13-19)22(28)16-17-27-24(29)20-14-8-9-15-21(20)25(27)30/h2-7,10-13,20-21,23H,8-9,14-17H2,1H3/t20-,21+. The fourth-order valence-electron chi connectivity index (χ4n) is 4.89. The van der Waals surface area contributed by atoms with Crippen molar-refractivity contribution in [1.82, 2.24) is 9.80 Å². The van der Waals surface area contributed by atoms with Crippen LogP contribution in [0.1, 0.15) is 49.3 Å². The molecule has 30 heavy (non-hydrogen) atoms. The van der Waals surface area contributed by atoms with Crippen LogP contribution >= 0.6 is 0 Å². The zero-order valence-electron chi connectivity index (χ0n) is 17.4. The number of hydrogen-bond donors (Lipinski definition) is 0. The SMILES string of the molecule is CN(C(=O)CCN1C(=O)[C@H]2CCCC[C@H]2C1=O)C(c1ccccc1)c1ccccc1. The van der Waals surface area contributed by atoms with E-state index in [1.54, 1.807) is 11.9 Å². The average Bonchev–Trinajstić information content (AvgIpc) is 3.03. The van der Waals surface area contributed by atoms with Crippen molar-refractivity contribution in [1.29, 1.82) is 0 Å². The second-order valence-electron chi connectivity index (χ2n) is 8.30. The van der Waals surface area contributed by atoms with Gasteiger partial charge >= 0.3 is 0 Å². The van der Waals surface area contributed by atoms with Crippen LogP contribution in [0.25, 0.3) is 0 Å². The van der Waals surface area contributed by atoms with Gasteiger partial charge in [0.1, 0.15) is 0 Å². The number of fused-ring (bicyclic) bond motifs is 1. The van der Waals surface area contributed by atoms with Crippen molar-refractivity contribution in [3.63, 3.8) is 0 Å². The van der Waals surface area contributed by atoms with Gasteiger partial charge in [0.2, 0.25) is 17.7 Å². The number of rotatable bonds is 6. The van der Waals surface area contributed by atoms with Crippen molar-refractivity contribution in [2.24, 2.45) is 11.8 Å². The third kappa shape index (κ3) is 3.89. The highest BCUT2D eigenvalue weighted by Crippen LogP contribution is 2.38. The van der Waals surface area contributed by atoms with Crippen molar-refractivity contribution < 1.29 is 14.4 Å². The highest BCUT2D eigenvalue weighted by atomic mass is 16.2. The Labute approximate surface area is 177 Å². The quantitative estimate of drug-likeness (QED) is 0.688. The van der Waals surface area contributed by atoms with Gasteiger partial charge in [0.25, 0.3) is 0 Å². The van der Waals surface area contributed by atoms with Crippen LogP contribution in [-0.2, 0) is 14.4 Å². The van der Waals surface area contributed by atoms with E-state index in [-0.39, 0.29) is 48.6 Å². The van der Waals surface area contributed by atoms with E-state index in [2.05, 4.69) is 0 Å². The molecular weight excluding hydrogens is 376 g/mol. The van der Waals surface area contributed by atoms with Gasteiger partial charge in [-0.05, 0) is 24.0 Å². The highest BCUT2D eigenvalue weighted by molar-refractivity contribution is 6.05. The van der Waals surface area contributed by atoms with E-state index >= 15 is 0 Å². The summed E-state index contributed by atoms with van der Waals surface area (Å²) in [7, 11) is 1.79. The maximum absolute atomic E-state index is 13.1. The van der Waals surface area contributed by atoms with E-state index in [1.807, 2.05) is 60.7 Å². The van der Waals surface area contributed by atoms with Crippen molar-refractivity contribution >= 4 is 17.7 Å². The van der Waals surface area contributed by atoms with Gasteiger partial charge < -0.3 is 4.90 Å². The largest absolute Gasteiger partial charge is 0.335 e. The van der Waals surface area contributed by atoms with Crippen LogP contribution in [0.15, 0.2) is 60.7 Å². The molecule has 0 spiro atoms. The van der Waals surface area contributed by atoms with Crippen molar-refractivity contribution in [2.45, 2.75) is 38.1 Å². The molecule has 1 heterocycles. The first-order valence-electron chi connectivity index (χ1n) is 10.8. The van der Waals surface area contributed by atoms with Gasteiger partial charge in [-0.25, -0.2) is 0 Å². The normalized spacial score (nSPS) is 21.1. The number of benzene rings is 2. The molecule has 2 aliphatic rings. The third-order valence-corrected chi connectivity index (χ3v) is 6.49. The molecule has 5 nitrogen and oxygen atoms in total. The Kier molecular flexibility index (Phi) is 5.98. The molecule has 4 rings (SSSR count). The molecule has 0 bridgehead atoms. The Bertz CT molecular complexity index is 849. The van der Waals surface area contributed by atoms with Crippen LogP contribution in [-0.4, -0.2) is 41.1 Å². The fourth-order valence-corrected chi connectivity index (χ4v) is 4.89. The Morgan fingerprint density at radius 2 is 1.37 bits per heavy atom. The second-order valence-corrected chi connectivity index (χ2v) is 8.30. The lowest BCUT2D eigenvalue weighted by molar-refractivity contribution is -0.140. The Hall–Kier alpha value is -2.95. The number of carbonyl (C=O) groups excluding carboxylic acids is 3. The number of likely N-dealkylation sites (tertiary alicyclic amines) is 1. The van der Waals surface area contributed by atoms with Gasteiger partial charge in [0, 0.05) is 20.0 Å². The maximum Gasteiger partial charge on any atom is 0.233 e. The van der Waals surface area contributed by atoms with Crippen LogP contribution in [0.5, 0.6) is 0 Å². The monoisotopic (exact) mass is 404 g/mol. The molecule has 0 N–H and O–H groups in total. The van der Waals surface area contributed by atoms with Crippen LogP contribution in [0, 0.1) is 11.8 Å². The van der Waals surface area contributed by atoms with E-state index < -0.39 is 0 Å². The van der Waals surface area contributed by atoms with E-state index in [4.69, 9.17) is 0 Å². The summed E-state index contributed by atoms with van der Waals surface area (Å²) in [5.74, 6) is -0.574. The maximum atomic E-state index is 13.1. The van der Waals surface area contributed by atoms with Crippen LogP contribution < -0.4 is 0 Å². The summed E-state index contributed by atoms with van der Waals surface area (Å²) < 4.78 is 0. The van der Waals surface area contributed by atoms with E-state index in [1.165, 1.54) is 4.90 Å². The predicted octanol–water partition coefficient (Wildman–Crippen LogP) is 3.80. The number of nitrogens with zero attached hydrogens (tertiary/aromatic N) is 2. The molecule has 156 valence electrons. The zero-order chi connectivity index (χ0) is 21.1. The predicted molar refractivity (Wildman–Crippen MR) is 114 cm³/mol. The highest BCUT2D eigenvalue weighted by Gasteiger charge is 2.47. The first-order chi connectivity index (χ1) is 14.6. The number of hydrogen-bond acceptors (Lipinski definition) is 3. The topological polar surface area (TPSA) is 57.7 Å². The number of imide groups is 1. The molecule has 0 radical (unpaired) electrons. The molecule has 2 aromatic rings. The van der Waals surface area contributed by atoms with E-state index in [0.717, 1.165) is 36.8 Å². The Morgan fingerprint density at radius 3 is 1.83 bits per heavy atom. The van der Waals surface area contributed by atoms with Crippen LogP contribution in [0.2, 0.25) is 0 Å². The molecule has 1 aliphatic carbocycles. The summed E-state index contributed by atoms with van der Waals surface area (Å²) in [6.07, 6.45) is 3.74. The van der Waals surface area contributed by atoms with Gasteiger partial charge in [0.05, 0.1) is 17.9 Å². The molecule has 0 aromatic heterocycles. The van der Waals surface area contributed by atoms with Gasteiger partial charge in [-0.15, -0.1) is 0 Å². The molecular formula is C25H28N2O3. The summed E-state index contributed by atoms with van der Waals surface area (Å²) in [6.45, 7) is 0.171.